The second kappa shape index (κ2) is 5.63. The Labute approximate surface area is 115 Å². The van der Waals surface area contributed by atoms with Crippen molar-refractivity contribution in [2.75, 3.05) is 0 Å². The van der Waals surface area contributed by atoms with Gasteiger partial charge in [-0.25, -0.2) is 4.39 Å². The first-order valence-corrected chi connectivity index (χ1v) is 6.70. The summed E-state index contributed by atoms with van der Waals surface area (Å²) < 4.78 is 14.6. The average Bonchev–Trinajstić information content (AvgIpc) is 2.41. The number of aryl methyl sites for hydroxylation is 1. The fraction of sp³-hybridized carbons (Fsp3) is 0.200. The monoisotopic (exact) mass is 307 g/mol. The van der Waals surface area contributed by atoms with Crippen LogP contribution in [0.4, 0.5) is 4.39 Å². The first kappa shape index (κ1) is 13.2. The fourth-order valence-corrected chi connectivity index (χ4v) is 2.27. The Morgan fingerprint density at radius 3 is 2.44 bits per heavy atom. The van der Waals surface area contributed by atoms with Crippen LogP contribution in [0.1, 0.15) is 29.7 Å². The fourth-order valence-electron chi connectivity index (χ4n) is 1.89. The molecule has 0 fully saturated rings. The van der Waals surface area contributed by atoms with Gasteiger partial charge in [-0.05, 0) is 35.7 Å². The Morgan fingerprint density at radius 2 is 1.83 bits per heavy atom. The molecule has 2 N–H and O–H groups in total. The lowest BCUT2D eigenvalue weighted by molar-refractivity contribution is 0.599. The number of hydrogen-bond acceptors (Lipinski definition) is 1. The summed E-state index contributed by atoms with van der Waals surface area (Å²) in [5, 5.41) is 0. The highest BCUT2D eigenvalue weighted by Gasteiger charge is 2.13. The summed E-state index contributed by atoms with van der Waals surface area (Å²) in [4.78, 5) is 0. The molecule has 1 unspecified atom stereocenters. The van der Waals surface area contributed by atoms with E-state index in [9.17, 15) is 4.39 Å². The van der Waals surface area contributed by atoms with E-state index in [0.29, 0.717) is 5.56 Å². The van der Waals surface area contributed by atoms with Crippen molar-refractivity contribution < 1.29 is 4.39 Å². The van der Waals surface area contributed by atoms with Crippen LogP contribution in [0.15, 0.2) is 46.9 Å². The van der Waals surface area contributed by atoms with Crippen LogP contribution in [0.25, 0.3) is 0 Å². The lowest BCUT2D eigenvalue weighted by Crippen LogP contribution is -2.13. The maximum Gasteiger partial charge on any atom is 0.128 e. The van der Waals surface area contributed by atoms with Crippen LogP contribution in [-0.4, -0.2) is 0 Å². The molecule has 0 spiro atoms. The van der Waals surface area contributed by atoms with Gasteiger partial charge >= 0.3 is 0 Å². The largest absolute Gasteiger partial charge is 0.320 e. The van der Waals surface area contributed by atoms with E-state index >= 15 is 0 Å². The molecule has 1 atom stereocenters. The summed E-state index contributed by atoms with van der Waals surface area (Å²) in [5.74, 6) is -0.273. The third kappa shape index (κ3) is 2.79. The first-order valence-electron chi connectivity index (χ1n) is 5.91. The van der Waals surface area contributed by atoms with Crippen molar-refractivity contribution in [1.82, 2.24) is 0 Å². The summed E-state index contributed by atoms with van der Waals surface area (Å²) in [5.41, 5.74) is 8.80. The molecule has 2 aromatic carbocycles. The van der Waals surface area contributed by atoms with Gasteiger partial charge in [0.25, 0.3) is 0 Å². The van der Waals surface area contributed by atoms with E-state index < -0.39 is 6.04 Å². The Balaban J connectivity index is 2.34. The summed E-state index contributed by atoms with van der Waals surface area (Å²) in [6, 6.07) is 12.4. The predicted octanol–water partition coefficient (Wildman–Crippen LogP) is 4.20. The highest BCUT2D eigenvalue weighted by molar-refractivity contribution is 9.10. The minimum atomic E-state index is -0.437. The van der Waals surface area contributed by atoms with Gasteiger partial charge in [-0.3, -0.25) is 0 Å². The topological polar surface area (TPSA) is 26.0 Å². The molecule has 0 aromatic heterocycles. The maximum absolute atomic E-state index is 13.8. The molecule has 0 bridgehead atoms. The highest BCUT2D eigenvalue weighted by Crippen LogP contribution is 2.25. The molecule has 0 saturated heterocycles. The van der Waals surface area contributed by atoms with Crippen LogP contribution in [0.5, 0.6) is 0 Å². The molecule has 1 nitrogen and oxygen atoms in total. The molecule has 18 heavy (non-hydrogen) atoms. The molecular weight excluding hydrogens is 293 g/mol. The third-order valence-electron chi connectivity index (χ3n) is 3.04. The van der Waals surface area contributed by atoms with Gasteiger partial charge in [0, 0.05) is 10.0 Å². The van der Waals surface area contributed by atoms with E-state index in [0.717, 1.165) is 16.5 Å². The number of nitrogens with two attached hydrogens (primary N) is 1. The van der Waals surface area contributed by atoms with Gasteiger partial charge in [-0.1, -0.05) is 47.1 Å². The molecule has 0 aliphatic heterocycles. The quantitative estimate of drug-likeness (QED) is 0.903. The van der Waals surface area contributed by atoms with Crippen molar-refractivity contribution in [3.8, 4) is 0 Å². The molecule has 0 amide bonds. The van der Waals surface area contributed by atoms with Gasteiger partial charge in [0.15, 0.2) is 0 Å². The Morgan fingerprint density at radius 1 is 1.17 bits per heavy atom. The third-order valence-corrected chi connectivity index (χ3v) is 3.53. The summed E-state index contributed by atoms with van der Waals surface area (Å²) in [6.07, 6.45) is 0.987. The number of benzene rings is 2. The molecule has 0 saturated carbocycles. The van der Waals surface area contributed by atoms with Crippen LogP contribution in [-0.2, 0) is 6.42 Å². The SMILES string of the molecule is CCc1ccc(C(N)c2cc(Br)ccc2F)cc1. The Hall–Kier alpha value is -1.19. The van der Waals surface area contributed by atoms with Crippen molar-refractivity contribution in [2.24, 2.45) is 5.73 Å². The summed E-state index contributed by atoms with van der Waals surface area (Å²) in [6.45, 7) is 2.10. The van der Waals surface area contributed by atoms with E-state index in [4.69, 9.17) is 5.73 Å². The zero-order chi connectivity index (χ0) is 13.1. The van der Waals surface area contributed by atoms with Crippen LogP contribution < -0.4 is 5.73 Å². The lowest BCUT2D eigenvalue weighted by Gasteiger charge is -2.14. The normalized spacial score (nSPS) is 12.4. The lowest BCUT2D eigenvalue weighted by atomic mass is 9.98. The van der Waals surface area contributed by atoms with E-state index in [-0.39, 0.29) is 5.82 Å². The van der Waals surface area contributed by atoms with E-state index in [1.54, 1.807) is 12.1 Å². The van der Waals surface area contributed by atoms with Crippen molar-refractivity contribution in [2.45, 2.75) is 19.4 Å². The van der Waals surface area contributed by atoms with Crippen LogP contribution in [0, 0.1) is 5.82 Å². The van der Waals surface area contributed by atoms with Crippen molar-refractivity contribution in [3.63, 3.8) is 0 Å². The van der Waals surface area contributed by atoms with Gasteiger partial charge in [-0.15, -0.1) is 0 Å². The first-order chi connectivity index (χ1) is 8.61. The molecule has 2 aromatic rings. The second-order valence-electron chi connectivity index (χ2n) is 4.24. The van der Waals surface area contributed by atoms with Gasteiger partial charge in [0.05, 0.1) is 6.04 Å². The minimum Gasteiger partial charge on any atom is -0.320 e. The Kier molecular flexibility index (Phi) is 4.15. The summed E-state index contributed by atoms with van der Waals surface area (Å²) in [7, 11) is 0. The van der Waals surface area contributed by atoms with Crippen molar-refractivity contribution in [1.29, 1.82) is 0 Å². The molecule has 0 radical (unpaired) electrons. The molecule has 94 valence electrons. The zero-order valence-electron chi connectivity index (χ0n) is 10.2. The van der Waals surface area contributed by atoms with Gasteiger partial charge in [0.1, 0.15) is 5.82 Å². The molecule has 0 aliphatic rings. The van der Waals surface area contributed by atoms with Crippen molar-refractivity contribution in [3.05, 3.63) is 69.4 Å². The van der Waals surface area contributed by atoms with E-state index in [1.165, 1.54) is 11.6 Å². The van der Waals surface area contributed by atoms with Gasteiger partial charge < -0.3 is 5.73 Å². The van der Waals surface area contributed by atoms with E-state index in [1.807, 2.05) is 24.3 Å². The smallest absolute Gasteiger partial charge is 0.128 e. The molecule has 0 aliphatic carbocycles. The van der Waals surface area contributed by atoms with Gasteiger partial charge in [-0.2, -0.15) is 0 Å². The maximum atomic E-state index is 13.8. The zero-order valence-corrected chi connectivity index (χ0v) is 11.7. The standard InChI is InChI=1S/C15H15BrFN/c1-2-10-3-5-11(6-4-10)15(18)13-9-12(16)7-8-14(13)17/h3-9,15H,2,18H2,1H3. The molecule has 2 rings (SSSR count). The van der Waals surface area contributed by atoms with Crippen LogP contribution in [0.2, 0.25) is 0 Å². The molecular formula is C15H15BrFN. The number of halogens is 2. The Bertz CT molecular complexity index is 537. The highest BCUT2D eigenvalue weighted by atomic mass is 79.9. The second-order valence-corrected chi connectivity index (χ2v) is 5.15. The number of hydrogen-bond donors (Lipinski definition) is 1. The van der Waals surface area contributed by atoms with Crippen LogP contribution >= 0.6 is 15.9 Å². The number of rotatable bonds is 3. The molecule has 0 heterocycles. The summed E-state index contributed by atoms with van der Waals surface area (Å²) >= 11 is 3.34. The van der Waals surface area contributed by atoms with E-state index in [2.05, 4.69) is 22.9 Å². The molecule has 3 heteroatoms. The van der Waals surface area contributed by atoms with Gasteiger partial charge in [0.2, 0.25) is 0 Å². The average molecular weight is 308 g/mol. The predicted molar refractivity (Wildman–Crippen MR) is 76.0 cm³/mol. The minimum absolute atomic E-state index is 0.273. The van der Waals surface area contributed by atoms with Crippen molar-refractivity contribution >= 4 is 15.9 Å². The van der Waals surface area contributed by atoms with Crippen LogP contribution in [0.3, 0.4) is 0 Å².